The second-order valence-electron chi connectivity index (χ2n) is 10.5. The number of amides is 1. The Morgan fingerprint density at radius 1 is 1.20 bits per heavy atom. The highest BCUT2D eigenvalue weighted by atomic mass is 35.5. The van der Waals surface area contributed by atoms with Gasteiger partial charge >= 0.3 is 0 Å². The number of ether oxygens (including phenoxy) is 1. The fourth-order valence-electron chi connectivity index (χ4n) is 4.63. The van der Waals surface area contributed by atoms with E-state index in [1.165, 1.54) is 6.08 Å². The minimum absolute atomic E-state index is 0.279. The second kappa shape index (κ2) is 12.5. The van der Waals surface area contributed by atoms with Gasteiger partial charge in [0.25, 0.3) is 0 Å². The maximum atomic E-state index is 12.3. The van der Waals surface area contributed by atoms with Crippen LogP contribution in [0.3, 0.4) is 0 Å². The number of nitrogens with zero attached hydrogens (tertiary/aromatic N) is 4. The highest BCUT2D eigenvalue weighted by molar-refractivity contribution is 6.42. The molecule has 2 heterocycles. The highest BCUT2D eigenvalue weighted by Gasteiger charge is 2.31. The molecule has 0 spiro atoms. The van der Waals surface area contributed by atoms with Crippen molar-refractivity contribution in [2.24, 2.45) is 0 Å². The van der Waals surface area contributed by atoms with Crippen molar-refractivity contribution in [2.45, 2.75) is 31.9 Å². The molecule has 1 amide bonds. The van der Waals surface area contributed by atoms with Gasteiger partial charge in [-0.25, -0.2) is 4.98 Å². The van der Waals surface area contributed by atoms with Crippen molar-refractivity contribution in [1.29, 1.82) is 0 Å². The number of methoxy groups -OCH3 is 1. The second-order valence-corrected chi connectivity index (χ2v) is 11.4. The van der Waals surface area contributed by atoms with Crippen LogP contribution in [0.15, 0.2) is 49.2 Å². The van der Waals surface area contributed by atoms with E-state index in [1.807, 2.05) is 20.2 Å². The number of aromatic nitrogens is 2. The summed E-state index contributed by atoms with van der Waals surface area (Å²) < 4.78 is 5.72. The lowest BCUT2D eigenvalue weighted by Gasteiger charge is -2.45. The molecule has 218 valence electrons. The van der Waals surface area contributed by atoms with E-state index in [1.54, 1.807) is 51.4 Å². The summed E-state index contributed by atoms with van der Waals surface area (Å²) in [5.74, 6) is 0.970. The monoisotopic (exact) mass is 599 g/mol. The summed E-state index contributed by atoms with van der Waals surface area (Å²) in [5, 5.41) is 20.7. The zero-order chi connectivity index (χ0) is 29.9. The number of nitrogens with one attached hydrogen (secondary N) is 3. The Morgan fingerprint density at radius 2 is 1.93 bits per heavy atom. The van der Waals surface area contributed by atoms with Crippen LogP contribution in [-0.2, 0) is 10.4 Å². The van der Waals surface area contributed by atoms with E-state index in [-0.39, 0.29) is 11.9 Å². The van der Waals surface area contributed by atoms with E-state index in [2.05, 4.69) is 42.3 Å². The Kier molecular flexibility index (Phi) is 9.28. The Balaban J connectivity index is 1.66. The summed E-state index contributed by atoms with van der Waals surface area (Å²) in [6.07, 6.45) is 3.88. The van der Waals surface area contributed by atoms with Crippen LogP contribution in [0.5, 0.6) is 5.75 Å². The molecule has 1 aliphatic heterocycles. The number of aliphatic hydroxyl groups is 1. The topological polar surface area (TPSA) is 115 Å². The first-order chi connectivity index (χ1) is 19.4. The molecule has 3 aromatic rings. The number of carbonyl (C=O) groups excluding carboxylic acids is 1. The Hall–Kier alpha value is -3.57. The van der Waals surface area contributed by atoms with Crippen molar-refractivity contribution in [2.75, 3.05) is 55.1 Å². The summed E-state index contributed by atoms with van der Waals surface area (Å²) in [7, 11) is 5.67. The van der Waals surface area contributed by atoms with E-state index in [9.17, 15) is 9.90 Å². The maximum absolute atomic E-state index is 12.3. The normalized spacial score (nSPS) is 14.9. The predicted octanol–water partition coefficient (Wildman–Crippen LogP) is 5.77. The largest absolute Gasteiger partial charge is 0.494 e. The summed E-state index contributed by atoms with van der Waals surface area (Å²) in [4.78, 5) is 25.7. The first-order valence-electron chi connectivity index (χ1n) is 13.1. The fourth-order valence-corrected chi connectivity index (χ4v) is 4.96. The molecule has 12 heteroatoms. The van der Waals surface area contributed by atoms with Gasteiger partial charge in [-0.05, 0) is 64.7 Å². The van der Waals surface area contributed by atoms with Gasteiger partial charge in [0.05, 0.1) is 39.8 Å². The molecule has 2 aromatic carbocycles. The van der Waals surface area contributed by atoms with Crippen LogP contribution in [-0.4, -0.2) is 66.2 Å². The van der Waals surface area contributed by atoms with Gasteiger partial charge in [-0.15, -0.1) is 0 Å². The van der Waals surface area contributed by atoms with Crippen molar-refractivity contribution in [1.82, 2.24) is 14.9 Å². The lowest BCUT2D eigenvalue weighted by molar-refractivity contribution is -0.111. The minimum atomic E-state index is -1.19. The molecule has 0 saturated carbocycles. The highest BCUT2D eigenvalue weighted by Crippen LogP contribution is 2.42. The fraction of sp³-hybridized carbons (Fsp3) is 0.345. The van der Waals surface area contributed by atoms with Gasteiger partial charge in [-0.1, -0.05) is 29.8 Å². The molecule has 0 bridgehead atoms. The standard InChI is InChI=1S/C29H35Cl2N7O3/c1-7-27(39)34-22-14-23(25(41-6)15-24(22)38-11-9-17(38)16-37(4)5)35-28-32-10-8-26(36-28)33-21-13-20(31)19(30)12-18(21)29(2,3)40/h7-8,10,12-15,17,40H,1,9,11,16H2,2-6H3,(H,34,39)(H2,32,33,35,36)/t17-/m1/s1. The van der Waals surface area contributed by atoms with Gasteiger partial charge in [0, 0.05) is 42.6 Å². The number of hydrogen-bond donors (Lipinski definition) is 4. The molecule has 1 fully saturated rings. The molecule has 0 unspecified atom stereocenters. The van der Waals surface area contributed by atoms with E-state index in [4.69, 9.17) is 27.9 Å². The number of halogens is 2. The van der Waals surface area contributed by atoms with E-state index >= 15 is 0 Å². The molecular formula is C29H35Cl2N7O3. The van der Waals surface area contributed by atoms with Crippen molar-refractivity contribution in [3.8, 4) is 5.75 Å². The lowest BCUT2D eigenvalue weighted by Crippen LogP contribution is -2.53. The molecule has 4 rings (SSSR count). The first-order valence-corrected chi connectivity index (χ1v) is 13.8. The molecule has 0 radical (unpaired) electrons. The third-order valence-corrected chi connectivity index (χ3v) is 7.40. The van der Waals surface area contributed by atoms with E-state index in [0.29, 0.717) is 50.3 Å². The van der Waals surface area contributed by atoms with Crippen molar-refractivity contribution < 1.29 is 14.6 Å². The van der Waals surface area contributed by atoms with Crippen LogP contribution in [0.25, 0.3) is 0 Å². The number of anilines is 6. The zero-order valence-corrected chi connectivity index (χ0v) is 25.3. The molecule has 1 atom stereocenters. The average Bonchev–Trinajstić information content (AvgIpc) is 2.89. The van der Waals surface area contributed by atoms with Gasteiger partial charge in [0.15, 0.2) is 0 Å². The molecule has 1 aliphatic rings. The van der Waals surface area contributed by atoms with Crippen LogP contribution >= 0.6 is 23.2 Å². The predicted molar refractivity (Wildman–Crippen MR) is 166 cm³/mol. The summed E-state index contributed by atoms with van der Waals surface area (Å²) >= 11 is 12.5. The van der Waals surface area contributed by atoms with Gasteiger partial charge in [0.2, 0.25) is 11.9 Å². The Labute approximate surface area is 250 Å². The molecule has 10 nitrogen and oxygen atoms in total. The summed E-state index contributed by atoms with van der Waals surface area (Å²) in [6.45, 7) is 8.66. The maximum Gasteiger partial charge on any atom is 0.247 e. The number of benzene rings is 2. The van der Waals surface area contributed by atoms with Gasteiger partial charge in [-0.3, -0.25) is 4.79 Å². The third-order valence-electron chi connectivity index (χ3n) is 6.67. The number of carbonyl (C=O) groups is 1. The number of likely N-dealkylation sites (N-methyl/N-ethyl adjacent to an activating group) is 1. The molecular weight excluding hydrogens is 565 g/mol. The first kappa shape index (κ1) is 30.4. The number of hydrogen-bond acceptors (Lipinski definition) is 9. The molecule has 4 N–H and O–H groups in total. The van der Waals surface area contributed by atoms with Crippen LogP contribution in [0.2, 0.25) is 10.0 Å². The quantitative estimate of drug-likeness (QED) is 0.204. The SMILES string of the molecule is C=CC(=O)Nc1cc(Nc2nccc(Nc3cc(Cl)c(Cl)cc3C(C)(C)O)n2)c(OC)cc1N1CC[C@@H]1CN(C)C. The smallest absolute Gasteiger partial charge is 0.247 e. The van der Waals surface area contributed by atoms with Crippen LogP contribution in [0, 0.1) is 0 Å². The van der Waals surface area contributed by atoms with Crippen molar-refractivity contribution in [3.63, 3.8) is 0 Å². The molecule has 41 heavy (non-hydrogen) atoms. The number of rotatable bonds is 11. The van der Waals surface area contributed by atoms with Gasteiger partial charge in [0.1, 0.15) is 11.6 Å². The lowest BCUT2D eigenvalue weighted by atomic mass is 9.96. The average molecular weight is 601 g/mol. The Bertz CT molecular complexity index is 1440. The third kappa shape index (κ3) is 7.20. The Morgan fingerprint density at radius 3 is 2.54 bits per heavy atom. The van der Waals surface area contributed by atoms with E-state index < -0.39 is 5.60 Å². The van der Waals surface area contributed by atoms with Crippen LogP contribution < -0.4 is 25.6 Å². The minimum Gasteiger partial charge on any atom is -0.494 e. The van der Waals surface area contributed by atoms with Crippen LogP contribution in [0.4, 0.5) is 34.5 Å². The summed E-state index contributed by atoms with van der Waals surface area (Å²) in [5.41, 5.74) is 1.95. The van der Waals surface area contributed by atoms with Gasteiger partial charge in [-0.2, -0.15) is 4.98 Å². The van der Waals surface area contributed by atoms with E-state index in [0.717, 1.165) is 25.2 Å². The van der Waals surface area contributed by atoms with Crippen molar-refractivity contribution in [3.05, 3.63) is 64.8 Å². The zero-order valence-electron chi connectivity index (χ0n) is 23.8. The van der Waals surface area contributed by atoms with Gasteiger partial charge < -0.3 is 35.6 Å². The summed E-state index contributed by atoms with van der Waals surface area (Å²) in [6, 6.07) is 8.97. The molecule has 1 aromatic heterocycles. The van der Waals surface area contributed by atoms with Crippen LogP contribution in [0.1, 0.15) is 25.8 Å². The molecule has 1 saturated heterocycles. The van der Waals surface area contributed by atoms with Crippen molar-refractivity contribution >= 4 is 63.6 Å². The molecule has 0 aliphatic carbocycles.